The maximum absolute atomic E-state index is 13.0. The Morgan fingerprint density at radius 1 is 0.545 bits per heavy atom. The van der Waals surface area contributed by atoms with E-state index < -0.39 is 75.9 Å². The molecule has 1 saturated heterocycles. The van der Waals surface area contributed by atoms with E-state index in [0.29, 0.717) is 69.3 Å². The number of halogens is 12. The average Bonchev–Trinajstić information content (AvgIpc) is 3.04. The summed E-state index contributed by atoms with van der Waals surface area (Å²) in [5.41, 5.74) is -8.16. The molecular weight excluding hydrogens is 977 g/mol. The second kappa shape index (κ2) is 18.0. The number of rotatable bonds is 8. The Kier molecular flexibility index (Phi) is 16.4. The van der Waals surface area contributed by atoms with E-state index in [-0.39, 0.29) is 86.0 Å². The average molecular weight is 1020 g/mol. The van der Waals surface area contributed by atoms with Crippen LogP contribution in [0.15, 0.2) is 36.4 Å². The van der Waals surface area contributed by atoms with Gasteiger partial charge in [0, 0.05) is 56.1 Å². The third-order valence-electron chi connectivity index (χ3n) is 10.1. The summed E-state index contributed by atoms with van der Waals surface area (Å²) in [5, 5.41) is 23.1. The minimum Gasteiger partial charge on any atom is -0.390 e. The van der Waals surface area contributed by atoms with Crippen LogP contribution in [0.2, 0.25) is 0 Å². The first kappa shape index (κ1) is 50.0. The van der Waals surface area contributed by atoms with Crippen molar-refractivity contribution in [1.82, 2.24) is 5.32 Å². The van der Waals surface area contributed by atoms with Gasteiger partial charge >= 0.3 is 24.7 Å². The molecule has 0 bridgehead atoms. The topological polar surface area (TPSA) is 71.0 Å². The van der Waals surface area contributed by atoms with Crippen LogP contribution in [0.1, 0.15) is 126 Å². The Bertz CT molecular complexity index is 1370. The monoisotopic (exact) mass is 1020 g/mol. The van der Waals surface area contributed by atoms with E-state index in [9.17, 15) is 62.9 Å². The molecule has 0 amide bonds. The van der Waals surface area contributed by atoms with Crippen LogP contribution in [-0.2, 0) is 34.2 Å². The maximum Gasteiger partial charge on any atom is 0.416 e. The molecule has 1 heterocycles. The second-order valence-corrected chi connectivity index (χ2v) is 15.8. The van der Waals surface area contributed by atoms with Crippen LogP contribution in [0, 0.1) is 49.5 Å². The molecule has 1 radical (unpaired) electrons. The van der Waals surface area contributed by atoms with Crippen LogP contribution in [0.4, 0.5) is 52.7 Å². The zero-order valence-electron chi connectivity index (χ0n) is 31.3. The summed E-state index contributed by atoms with van der Waals surface area (Å²) < 4.78 is 167. The van der Waals surface area contributed by atoms with E-state index in [1.54, 1.807) is 13.8 Å². The zero-order chi connectivity index (χ0) is 41.3. The summed E-state index contributed by atoms with van der Waals surface area (Å²) in [7, 11) is 0. The number of β-amino-alcohol motifs (C(OH)–C–C–N with tert-alkyl or cyclic N) is 1. The number of hydrogen-bond acceptors (Lipinski definition) is 5. The molecule has 1 saturated carbocycles. The summed E-state index contributed by atoms with van der Waals surface area (Å²) in [6.07, 6.45) is -17.9. The number of ether oxygens (including phenoxy) is 2. The Labute approximate surface area is 348 Å². The molecule has 2 aromatic rings. The van der Waals surface area contributed by atoms with E-state index in [1.165, 1.54) is 13.8 Å². The molecule has 0 spiro atoms. The number of piperidine rings is 1. The van der Waals surface area contributed by atoms with Gasteiger partial charge in [-0.3, -0.25) is 0 Å². The fourth-order valence-electron chi connectivity index (χ4n) is 6.04. The summed E-state index contributed by atoms with van der Waals surface area (Å²) in [5.74, 6) is 0. The van der Waals surface area contributed by atoms with E-state index >= 15 is 0 Å². The van der Waals surface area contributed by atoms with Crippen LogP contribution in [0.25, 0.3) is 0 Å². The molecule has 1 aliphatic carbocycles. The van der Waals surface area contributed by atoms with Crippen molar-refractivity contribution in [3.05, 3.63) is 69.8 Å². The molecule has 4 rings (SSSR count). The van der Waals surface area contributed by atoms with E-state index in [0.717, 1.165) is 0 Å². The van der Waals surface area contributed by atoms with Crippen molar-refractivity contribution in [2.24, 2.45) is 5.41 Å². The van der Waals surface area contributed by atoms with Gasteiger partial charge in [0.2, 0.25) is 0 Å². The molecule has 1 unspecified atom stereocenters. The van der Waals surface area contributed by atoms with E-state index in [4.69, 9.17) is 9.47 Å². The molecule has 2 aromatic carbocycles. The van der Waals surface area contributed by atoms with Gasteiger partial charge in [-0.25, -0.2) is 0 Å². The second-order valence-electron chi connectivity index (χ2n) is 15.8. The summed E-state index contributed by atoms with van der Waals surface area (Å²) in [6, 6.07) is 2.98. The molecule has 4 atom stereocenters. The van der Waals surface area contributed by atoms with Crippen LogP contribution in [-0.4, -0.2) is 46.7 Å². The quantitative estimate of drug-likeness (QED) is 0.230. The van der Waals surface area contributed by atoms with Gasteiger partial charge in [0.05, 0.1) is 58.9 Å². The molecule has 2 aliphatic rings. The molecule has 1 aliphatic heterocycles. The number of alkyl halides is 12. The van der Waals surface area contributed by atoms with Gasteiger partial charge in [-0.1, -0.05) is 6.92 Å². The Balaban J connectivity index is 0.000000373. The molecule has 311 valence electrons. The predicted molar refractivity (Wildman–Crippen MR) is 175 cm³/mol. The van der Waals surface area contributed by atoms with Crippen molar-refractivity contribution in [3.63, 3.8) is 0 Å². The molecule has 55 heavy (non-hydrogen) atoms. The molecule has 18 heteroatoms. The van der Waals surface area contributed by atoms with Crippen LogP contribution < -0.4 is 5.32 Å². The van der Waals surface area contributed by atoms with Crippen molar-refractivity contribution >= 4 is 0 Å². The van der Waals surface area contributed by atoms with Crippen LogP contribution >= 0.6 is 0 Å². The fraction of sp³-hybridized carbons (Fsp3) is 0.676. The van der Waals surface area contributed by atoms with E-state index in [2.05, 4.69) is 5.32 Å². The largest absolute Gasteiger partial charge is 0.416 e. The minimum absolute atomic E-state index is 0. The van der Waals surface area contributed by atoms with Crippen molar-refractivity contribution < 1.29 is 116 Å². The normalized spacial score (nSPS) is 27.7. The minimum atomic E-state index is -4.89. The van der Waals surface area contributed by atoms with Gasteiger partial charge in [-0.2, -0.15) is 52.7 Å². The summed E-state index contributed by atoms with van der Waals surface area (Å²) >= 11 is 0. The standard InChI is InChI=1S/C19H24F6O2.C18H23F6NO2.Ac/c1-12(27-11-16(2)4-6-17(3,26)7-5-16)13-8-14(18(20,21)22)10-15(9-13)19(23,24)25;1-11(27-10-15(2)4-5-16(3,26)9-25-15)12-6-13(17(19,20)21)8-14(7-12)18(22,23)24;/h8-10,12,26H,4-7,11H2,1-3H3;6-8,11,25-26H,4-5,9-10H2,1-3H3;/t12-,16?,17?;11-,15-,16?;/m11./s1. The number of nitrogens with one attached hydrogen (secondary N) is 1. The zero-order valence-corrected chi connectivity index (χ0v) is 36.1. The van der Waals surface area contributed by atoms with Gasteiger partial charge in [0.1, 0.15) is 0 Å². The van der Waals surface area contributed by atoms with Crippen molar-refractivity contribution in [1.29, 1.82) is 0 Å². The Hall–Kier alpha value is -1.16. The van der Waals surface area contributed by atoms with Crippen LogP contribution in [0.3, 0.4) is 0 Å². The van der Waals surface area contributed by atoms with E-state index in [1.807, 2.05) is 13.8 Å². The summed E-state index contributed by atoms with van der Waals surface area (Å²) in [6.45, 7) is 10.7. The first-order chi connectivity index (χ1) is 24.2. The summed E-state index contributed by atoms with van der Waals surface area (Å²) in [4.78, 5) is 0. The number of benzene rings is 2. The Morgan fingerprint density at radius 2 is 0.873 bits per heavy atom. The van der Waals surface area contributed by atoms with Gasteiger partial charge in [-0.05, 0) is 126 Å². The SMILES string of the molecule is C[C@@H](OCC1(C)CCC(C)(O)CC1)c1cc(C(F)(F)F)cc(C(F)(F)F)c1.C[C@@H](OC[C@@]1(C)CCC(C)(O)CN1)c1cc(C(F)(F)F)cc(C(F)(F)F)c1.[Ac]. The predicted octanol–water partition coefficient (Wildman–Crippen LogP) is 10.8. The van der Waals surface area contributed by atoms with Crippen molar-refractivity contribution in [2.45, 2.75) is 134 Å². The maximum atomic E-state index is 13.0. The molecule has 5 nitrogen and oxygen atoms in total. The van der Waals surface area contributed by atoms with Gasteiger partial charge in [-0.15, -0.1) is 0 Å². The molecule has 0 aromatic heterocycles. The fourth-order valence-corrected chi connectivity index (χ4v) is 6.04. The van der Waals surface area contributed by atoms with Crippen LogP contribution in [0.5, 0.6) is 0 Å². The molecule has 3 N–H and O–H groups in total. The molecular formula is C37H47AcF12NO4. The van der Waals surface area contributed by atoms with Gasteiger partial charge < -0.3 is 25.0 Å². The van der Waals surface area contributed by atoms with Crippen molar-refractivity contribution in [2.75, 3.05) is 19.8 Å². The molecule has 2 fully saturated rings. The first-order valence-corrected chi connectivity index (χ1v) is 17.2. The number of aliphatic hydroxyl groups is 2. The number of hydrogen-bond donors (Lipinski definition) is 3. The van der Waals surface area contributed by atoms with Gasteiger partial charge in [0.25, 0.3) is 0 Å². The van der Waals surface area contributed by atoms with Crippen molar-refractivity contribution in [3.8, 4) is 0 Å². The third kappa shape index (κ3) is 15.2. The van der Waals surface area contributed by atoms with Gasteiger partial charge in [0.15, 0.2) is 0 Å². The first-order valence-electron chi connectivity index (χ1n) is 17.2. The third-order valence-corrected chi connectivity index (χ3v) is 10.1. The smallest absolute Gasteiger partial charge is 0.390 e. The Morgan fingerprint density at radius 3 is 1.18 bits per heavy atom.